The van der Waals surface area contributed by atoms with Crippen LogP contribution in [-0.4, -0.2) is 61.2 Å². The normalized spacial score (nSPS) is 22.0. The predicted octanol–water partition coefficient (Wildman–Crippen LogP) is 2.23. The maximum absolute atomic E-state index is 12.7. The van der Waals surface area contributed by atoms with Crippen molar-refractivity contribution in [1.82, 2.24) is 9.80 Å². The van der Waals surface area contributed by atoms with Crippen LogP contribution in [0, 0.1) is 11.8 Å². The molecule has 4 heteroatoms. The van der Waals surface area contributed by atoms with E-state index in [9.17, 15) is 9.90 Å². The number of aliphatic hydroxyl groups excluding tert-OH is 1. The number of carbonyl (C=O) groups is 1. The maximum atomic E-state index is 12.7. The van der Waals surface area contributed by atoms with Crippen LogP contribution in [0.15, 0.2) is 24.3 Å². The Labute approximate surface area is 140 Å². The number of aliphatic hydroxyl groups is 1. The Morgan fingerprint density at radius 2 is 1.74 bits per heavy atom. The van der Waals surface area contributed by atoms with Gasteiger partial charge in [-0.3, -0.25) is 4.79 Å². The molecule has 0 aliphatic carbocycles. The summed E-state index contributed by atoms with van der Waals surface area (Å²) in [5.41, 5.74) is 2.06. The third-order valence-corrected chi connectivity index (χ3v) is 4.70. The summed E-state index contributed by atoms with van der Waals surface area (Å²) >= 11 is 0. The maximum Gasteiger partial charge on any atom is 0.253 e. The summed E-state index contributed by atoms with van der Waals surface area (Å²) in [5.74, 6) is 0.591. The number of nitrogens with zero attached hydrogens (tertiary/aromatic N) is 2. The number of rotatable bonds is 4. The lowest BCUT2D eigenvalue weighted by Gasteiger charge is -2.21. The van der Waals surface area contributed by atoms with E-state index < -0.39 is 0 Å². The minimum absolute atomic E-state index is 0.0742. The fourth-order valence-corrected chi connectivity index (χ4v) is 3.28. The van der Waals surface area contributed by atoms with Gasteiger partial charge in [-0.1, -0.05) is 32.9 Å². The van der Waals surface area contributed by atoms with Crippen molar-refractivity contribution in [2.75, 3.05) is 40.3 Å². The minimum Gasteiger partial charge on any atom is -0.396 e. The molecule has 1 heterocycles. The highest BCUT2D eigenvalue weighted by atomic mass is 16.3. The van der Waals surface area contributed by atoms with Gasteiger partial charge in [-0.25, -0.2) is 0 Å². The SMILES string of the molecule is CN(C)C[C@@H]1CN(C(=O)c2ccc(C(C)(C)C)cc2)C[C@@H]1CO. The molecule has 0 radical (unpaired) electrons. The van der Waals surface area contributed by atoms with Crippen molar-refractivity contribution in [3.63, 3.8) is 0 Å². The second kappa shape index (κ2) is 7.02. The molecule has 1 N–H and O–H groups in total. The summed E-state index contributed by atoms with van der Waals surface area (Å²) in [5, 5.41) is 9.59. The van der Waals surface area contributed by atoms with Crippen molar-refractivity contribution in [1.29, 1.82) is 0 Å². The number of likely N-dealkylation sites (tertiary alicyclic amines) is 1. The lowest BCUT2D eigenvalue weighted by molar-refractivity contribution is 0.0779. The fraction of sp³-hybridized carbons (Fsp3) is 0.632. The zero-order valence-corrected chi connectivity index (χ0v) is 15.0. The first-order valence-corrected chi connectivity index (χ1v) is 8.37. The largest absolute Gasteiger partial charge is 0.396 e. The monoisotopic (exact) mass is 318 g/mol. The minimum atomic E-state index is 0.0742. The Bertz CT molecular complexity index is 531. The molecule has 1 fully saturated rings. The highest BCUT2D eigenvalue weighted by molar-refractivity contribution is 5.94. The third-order valence-electron chi connectivity index (χ3n) is 4.70. The summed E-state index contributed by atoms with van der Waals surface area (Å²) in [4.78, 5) is 16.7. The summed E-state index contributed by atoms with van der Waals surface area (Å²) in [7, 11) is 4.06. The smallest absolute Gasteiger partial charge is 0.253 e. The third kappa shape index (κ3) is 4.33. The molecule has 0 bridgehead atoms. The number of hydrogen-bond acceptors (Lipinski definition) is 3. The lowest BCUT2D eigenvalue weighted by Crippen LogP contribution is -2.30. The van der Waals surface area contributed by atoms with E-state index in [2.05, 4.69) is 25.7 Å². The van der Waals surface area contributed by atoms with Gasteiger partial charge in [-0.15, -0.1) is 0 Å². The Kier molecular flexibility index (Phi) is 5.48. The van der Waals surface area contributed by atoms with Gasteiger partial charge in [-0.05, 0) is 43.1 Å². The molecule has 1 aromatic carbocycles. The molecular weight excluding hydrogens is 288 g/mol. The molecule has 0 spiro atoms. The predicted molar refractivity (Wildman–Crippen MR) is 93.7 cm³/mol. The van der Waals surface area contributed by atoms with Gasteiger partial charge in [0.2, 0.25) is 0 Å². The highest BCUT2D eigenvalue weighted by Crippen LogP contribution is 2.26. The van der Waals surface area contributed by atoms with Gasteiger partial charge < -0.3 is 14.9 Å². The summed E-state index contributed by atoms with van der Waals surface area (Å²) < 4.78 is 0. The number of benzene rings is 1. The van der Waals surface area contributed by atoms with Gasteiger partial charge in [0.25, 0.3) is 5.91 Å². The summed E-state index contributed by atoms with van der Waals surface area (Å²) in [6, 6.07) is 7.94. The fourth-order valence-electron chi connectivity index (χ4n) is 3.28. The molecule has 0 aromatic heterocycles. The quantitative estimate of drug-likeness (QED) is 0.926. The molecule has 1 aliphatic rings. The van der Waals surface area contributed by atoms with Crippen molar-refractivity contribution in [3.05, 3.63) is 35.4 Å². The molecule has 23 heavy (non-hydrogen) atoms. The Morgan fingerprint density at radius 1 is 1.17 bits per heavy atom. The van der Waals surface area contributed by atoms with E-state index in [1.807, 2.05) is 43.3 Å². The molecule has 1 amide bonds. The van der Waals surface area contributed by atoms with Crippen LogP contribution in [0.2, 0.25) is 0 Å². The molecule has 128 valence electrons. The topological polar surface area (TPSA) is 43.8 Å². The van der Waals surface area contributed by atoms with Crippen molar-refractivity contribution in [3.8, 4) is 0 Å². The molecule has 1 aliphatic heterocycles. The van der Waals surface area contributed by atoms with Gasteiger partial charge in [0, 0.05) is 37.7 Å². The second-order valence-corrected chi connectivity index (χ2v) is 8.00. The number of hydrogen-bond donors (Lipinski definition) is 1. The summed E-state index contributed by atoms with van der Waals surface area (Å²) in [6.45, 7) is 8.92. The lowest BCUT2D eigenvalue weighted by atomic mass is 9.86. The second-order valence-electron chi connectivity index (χ2n) is 8.00. The average molecular weight is 318 g/mol. The van der Waals surface area contributed by atoms with Gasteiger partial charge in [-0.2, -0.15) is 0 Å². The van der Waals surface area contributed by atoms with E-state index in [1.54, 1.807) is 0 Å². The highest BCUT2D eigenvalue weighted by Gasteiger charge is 2.35. The van der Waals surface area contributed by atoms with E-state index in [0.717, 1.165) is 18.7 Å². The zero-order valence-electron chi connectivity index (χ0n) is 15.0. The number of carbonyl (C=O) groups excluding carboxylic acids is 1. The first kappa shape index (κ1) is 18.0. The molecular formula is C19H30N2O2. The first-order valence-electron chi connectivity index (χ1n) is 8.37. The van der Waals surface area contributed by atoms with E-state index in [-0.39, 0.29) is 23.8 Å². The zero-order chi connectivity index (χ0) is 17.2. The molecule has 2 rings (SSSR count). The Balaban J connectivity index is 2.09. The molecule has 1 aromatic rings. The van der Waals surface area contributed by atoms with Crippen LogP contribution in [0.3, 0.4) is 0 Å². The van der Waals surface area contributed by atoms with Crippen LogP contribution in [0.25, 0.3) is 0 Å². The van der Waals surface area contributed by atoms with E-state index in [0.29, 0.717) is 12.5 Å². The van der Waals surface area contributed by atoms with Crippen LogP contribution in [0.1, 0.15) is 36.7 Å². The van der Waals surface area contributed by atoms with Crippen molar-refractivity contribution in [2.24, 2.45) is 11.8 Å². The van der Waals surface area contributed by atoms with Crippen LogP contribution < -0.4 is 0 Å². The molecule has 0 saturated carbocycles. The molecule has 2 atom stereocenters. The molecule has 1 saturated heterocycles. The molecule has 4 nitrogen and oxygen atoms in total. The van der Waals surface area contributed by atoms with Gasteiger partial charge in [0.15, 0.2) is 0 Å². The van der Waals surface area contributed by atoms with Crippen LogP contribution >= 0.6 is 0 Å². The van der Waals surface area contributed by atoms with Crippen LogP contribution in [0.4, 0.5) is 0 Å². The van der Waals surface area contributed by atoms with Gasteiger partial charge >= 0.3 is 0 Å². The average Bonchev–Trinajstić information content (AvgIpc) is 2.88. The van der Waals surface area contributed by atoms with E-state index >= 15 is 0 Å². The van der Waals surface area contributed by atoms with Crippen LogP contribution in [0.5, 0.6) is 0 Å². The van der Waals surface area contributed by atoms with Crippen LogP contribution in [-0.2, 0) is 5.41 Å². The van der Waals surface area contributed by atoms with Gasteiger partial charge in [0.1, 0.15) is 0 Å². The Hall–Kier alpha value is -1.39. The molecule has 0 unspecified atom stereocenters. The van der Waals surface area contributed by atoms with Gasteiger partial charge in [0.05, 0.1) is 0 Å². The number of amides is 1. The van der Waals surface area contributed by atoms with Crippen molar-refractivity contribution < 1.29 is 9.90 Å². The first-order chi connectivity index (χ1) is 10.7. The van der Waals surface area contributed by atoms with Crippen molar-refractivity contribution in [2.45, 2.75) is 26.2 Å². The standard InChI is InChI=1S/C19H30N2O2/c1-19(2,3)17-8-6-14(7-9-17)18(23)21-11-15(10-20(4)5)16(12-21)13-22/h6-9,15-16,22H,10-13H2,1-5H3/t15-,16-/m1/s1. The Morgan fingerprint density at radius 3 is 2.22 bits per heavy atom. The van der Waals surface area contributed by atoms with Crippen molar-refractivity contribution >= 4 is 5.91 Å². The summed E-state index contributed by atoms with van der Waals surface area (Å²) in [6.07, 6.45) is 0. The van der Waals surface area contributed by atoms with E-state index in [4.69, 9.17) is 0 Å². The van der Waals surface area contributed by atoms with E-state index in [1.165, 1.54) is 5.56 Å².